The normalized spacial score (nSPS) is 16.2. The van der Waals surface area contributed by atoms with Gasteiger partial charge in [0.05, 0.1) is 6.20 Å². The molecule has 26 heavy (non-hydrogen) atoms. The number of carbonyl (C=O) groups excluding carboxylic acids is 1. The lowest BCUT2D eigenvalue weighted by Crippen LogP contribution is -2.38. The molecule has 1 aliphatic heterocycles. The van der Waals surface area contributed by atoms with Gasteiger partial charge in [0.15, 0.2) is 0 Å². The first kappa shape index (κ1) is 16.3. The SMILES string of the molecule is Cn1cc(C2CN(C(=O)OCc3cccnc3)Cc3ccccc32)cn1. The van der Waals surface area contributed by atoms with E-state index in [1.54, 1.807) is 22.0 Å². The molecule has 0 aliphatic carbocycles. The van der Waals surface area contributed by atoms with Crippen LogP contribution in [0.15, 0.2) is 61.2 Å². The van der Waals surface area contributed by atoms with E-state index in [9.17, 15) is 4.79 Å². The molecular weight excluding hydrogens is 328 g/mol. The Morgan fingerprint density at radius 1 is 1.23 bits per heavy atom. The maximum Gasteiger partial charge on any atom is 0.410 e. The summed E-state index contributed by atoms with van der Waals surface area (Å²) >= 11 is 0. The lowest BCUT2D eigenvalue weighted by atomic mass is 9.86. The highest BCUT2D eigenvalue weighted by Crippen LogP contribution is 2.33. The fourth-order valence-electron chi connectivity index (χ4n) is 3.37. The summed E-state index contributed by atoms with van der Waals surface area (Å²) < 4.78 is 7.29. The molecule has 0 bridgehead atoms. The summed E-state index contributed by atoms with van der Waals surface area (Å²) in [5.41, 5.74) is 4.37. The van der Waals surface area contributed by atoms with Crippen LogP contribution in [0.5, 0.6) is 0 Å². The zero-order chi connectivity index (χ0) is 17.9. The molecule has 3 aromatic rings. The number of hydrogen-bond acceptors (Lipinski definition) is 4. The number of benzene rings is 1. The first-order chi connectivity index (χ1) is 12.7. The van der Waals surface area contributed by atoms with E-state index in [2.05, 4.69) is 22.2 Å². The van der Waals surface area contributed by atoms with Gasteiger partial charge in [0.25, 0.3) is 0 Å². The highest BCUT2D eigenvalue weighted by molar-refractivity contribution is 5.68. The minimum Gasteiger partial charge on any atom is -0.444 e. The standard InChI is InChI=1S/C20H20N4O2/c1-23-11-17(10-22-23)19-13-24(12-16-6-2-3-7-18(16)19)20(25)26-14-15-5-4-8-21-9-15/h2-11,19H,12-14H2,1H3. The largest absolute Gasteiger partial charge is 0.444 e. The first-order valence-corrected chi connectivity index (χ1v) is 8.57. The van der Waals surface area contributed by atoms with Crippen molar-refractivity contribution in [3.05, 3.63) is 83.4 Å². The Bertz CT molecular complexity index is 907. The predicted molar refractivity (Wildman–Crippen MR) is 96.3 cm³/mol. The Morgan fingerprint density at radius 2 is 2.12 bits per heavy atom. The molecule has 1 atom stereocenters. The molecule has 0 saturated carbocycles. The maximum atomic E-state index is 12.6. The van der Waals surface area contributed by atoms with Gasteiger partial charge >= 0.3 is 6.09 Å². The summed E-state index contributed by atoms with van der Waals surface area (Å²) in [5, 5.41) is 4.29. The highest BCUT2D eigenvalue weighted by atomic mass is 16.6. The molecule has 6 nitrogen and oxygen atoms in total. The van der Waals surface area contributed by atoms with Crippen LogP contribution in [-0.4, -0.2) is 32.3 Å². The lowest BCUT2D eigenvalue weighted by Gasteiger charge is -2.33. The number of aryl methyl sites for hydroxylation is 1. The fourth-order valence-corrected chi connectivity index (χ4v) is 3.37. The number of rotatable bonds is 3. The second kappa shape index (κ2) is 7.00. The summed E-state index contributed by atoms with van der Waals surface area (Å²) in [6.45, 7) is 1.36. The van der Waals surface area contributed by atoms with Gasteiger partial charge in [0.1, 0.15) is 6.61 Å². The average Bonchev–Trinajstić information content (AvgIpc) is 3.12. The number of carbonyl (C=O) groups is 1. The third-order valence-corrected chi connectivity index (χ3v) is 4.67. The second-order valence-corrected chi connectivity index (χ2v) is 6.50. The molecule has 2 aromatic heterocycles. The summed E-state index contributed by atoms with van der Waals surface area (Å²) in [6.07, 6.45) is 6.97. The maximum absolute atomic E-state index is 12.6. The van der Waals surface area contributed by atoms with E-state index < -0.39 is 0 Å². The van der Waals surface area contributed by atoms with Crippen LogP contribution in [-0.2, 0) is 24.9 Å². The van der Waals surface area contributed by atoms with Crippen molar-refractivity contribution >= 4 is 6.09 Å². The first-order valence-electron chi connectivity index (χ1n) is 8.57. The van der Waals surface area contributed by atoms with Crippen LogP contribution in [0.2, 0.25) is 0 Å². The molecule has 6 heteroatoms. The summed E-state index contributed by atoms with van der Waals surface area (Å²) in [7, 11) is 1.90. The van der Waals surface area contributed by atoms with Crippen LogP contribution in [0, 0.1) is 0 Å². The van der Waals surface area contributed by atoms with Gasteiger partial charge in [-0.3, -0.25) is 9.67 Å². The van der Waals surface area contributed by atoms with E-state index in [1.165, 1.54) is 5.56 Å². The third-order valence-electron chi connectivity index (χ3n) is 4.67. The van der Waals surface area contributed by atoms with Gasteiger partial charge in [-0.05, 0) is 22.8 Å². The van der Waals surface area contributed by atoms with Gasteiger partial charge in [0.2, 0.25) is 0 Å². The molecule has 1 unspecified atom stereocenters. The van der Waals surface area contributed by atoms with Gasteiger partial charge in [-0.25, -0.2) is 4.79 Å². The van der Waals surface area contributed by atoms with Crippen LogP contribution in [0.25, 0.3) is 0 Å². The fraction of sp³-hybridized carbons (Fsp3) is 0.250. The molecule has 1 aromatic carbocycles. The van der Waals surface area contributed by atoms with E-state index in [0.29, 0.717) is 13.1 Å². The summed E-state index contributed by atoms with van der Waals surface area (Å²) in [4.78, 5) is 18.4. The van der Waals surface area contributed by atoms with Crippen molar-refractivity contribution in [1.82, 2.24) is 19.7 Å². The number of hydrogen-bond donors (Lipinski definition) is 0. The van der Waals surface area contributed by atoms with Crippen molar-refractivity contribution in [1.29, 1.82) is 0 Å². The summed E-state index contributed by atoms with van der Waals surface area (Å²) in [6, 6.07) is 12.0. The Hall–Kier alpha value is -3.15. The molecule has 0 fully saturated rings. The van der Waals surface area contributed by atoms with Crippen LogP contribution < -0.4 is 0 Å². The van der Waals surface area contributed by atoms with Gasteiger partial charge in [-0.15, -0.1) is 0 Å². The van der Waals surface area contributed by atoms with Crippen molar-refractivity contribution in [2.24, 2.45) is 7.05 Å². The molecular formula is C20H20N4O2. The average molecular weight is 348 g/mol. The van der Waals surface area contributed by atoms with E-state index in [4.69, 9.17) is 4.74 Å². The molecule has 4 rings (SSSR count). The molecule has 3 heterocycles. The van der Waals surface area contributed by atoms with E-state index in [-0.39, 0.29) is 18.6 Å². The molecule has 1 aliphatic rings. The van der Waals surface area contributed by atoms with Crippen LogP contribution in [0.3, 0.4) is 0 Å². The molecule has 0 spiro atoms. The lowest BCUT2D eigenvalue weighted by molar-refractivity contribution is 0.0897. The minimum absolute atomic E-state index is 0.0968. The van der Waals surface area contributed by atoms with Crippen LogP contribution >= 0.6 is 0 Å². The van der Waals surface area contributed by atoms with Crippen molar-refractivity contribution in [3.8, 4) is 0 Å². The van der Waals surface area contributed by atoms with Gasteiger partial charge in [-0.2, -0.15) is 5.10 Å². The number of fused-ring (bicyclic) bond motifs is 1. The molecule has 0 radical (unpaired) electrons. The monoisotopic (exact) mass is 348 g/mol. The van der Waals surface area contributed by atoms with Crippen molar-refractivity contribution in [2.45, 2.75) is 19.1 Å². The number of pyridine rings is 1. The van der Waals surface area contributed by atoms with Gasteiger partial charge in [0, 0.05) is 50.2 Å². The molecule has 1 amide bonds. The number of amides is 1. The van der Waals surface area contributed by atoms with Gasteiger partial charge in [-0.1, -0.05) is 30.3 Å². The topological polar surface area (TPSA) is 60.2 Å². The molecule has 0 saturated heterocycles. The Kier molecular flexibility index (Phi) is 4.39. The quantitative estimate of drug-likeness (QED) is 0.730. The van der Waals surface area contributed by atoms with Crippen molar-refractivity contribution in [3.63, 3.8) is 0 Å². The summed E-state index contributed by atoms with van der Waals surface area (Å²) in [5.74, 6) is 0.0968. The predicted octanol–water partition coefficient (Wildman–Crippen LogP) is 3.10. The number of nitrogens with zero attached hydrogens (tertiary/aromatic N) is 4. The molecule has 132 valence electrons. The zero-order valence-electron chi connectivity index (χ0n) is 14.6. The number of aromatic nitrogens is 3. The van der Waals surface area contributed by atoms with E-state index >= 15 is 0 Å². The number of ether oxygens (including phenoxy) is 1. The highest BCUT2D eigenvalue weighted by Gasteiger charge is 2.30. The molecule has 0 N–H and O–H groups in total. The van der Waals surface area contributed by atoms with Crippen LogP contribution in [0.1, 0.15) is 28.2 Å². The van der Waals surface area contributed by atoms with Crippen LogP contribution in [0.4, 0.5) is 4.79 Å². The van der Waals surface area contributed by atoms with Crippen molar-refractivity contribution in [2.75, 3.05) is 6.54 Å². The van der Waals surface area contributed by atoms with E-state index in [1.807, 2.05) is 43.7 Å². The Balaban J connectivity index is 1.54. The third kappa shape index (κ3) is 3.31. The minimum atomic E-state index is -0.308. The van der Waals surface area contributed by atoms with Crippen molar-refractivity contribution < 1.29 is 9.53 Å². The Labute approximate surface area is 152 Å². The second-order valence-electron chi connectivity index (χ2n) is 6.50. The smallest absolute Gasteiger partial charge is 0.410 e. The Morgan fingerprint density at radius 3 is 2.88 bits per heavy atom. The van der Waals surface area contributed by atoms with Gasteiger partial charge < -0.3 is 9.64 Å². The van der Waals surface area contributed by atoms with E-state index in [0.717, 1.165) is 16.7 Å². The zero-order valence-corrected chi connectivity index (χ0v) is 14.6.